The number of non-ortho nitro benzene ring substituents is 1. The second-order valence-electron chi connectivity index (χ2n) is 19.2. The van der Waals surface area contributed by atoms with E-state index in [0.29, 0.717) is 37.7 Å². The van der Waals surface area contributed by atoms with Crippen LogP contribution < -0.4 is 42.4 Å². The Hall–Kier alpha value is -7.45. The van der Waals surface area contributed by atoms with Crippen molar-refractivity contribution in [2.24, 2.45) is 11.7 Å². The molecule has 0 aliphatic heterocycles. The maximum absolute atomic E-state index is 13.9. The van der Waals surface area contributed by atoms with Crippen molar-refractivity contribution in [1.29, 1.82) is 0 Å². The Balaban J connectivity index is 1.04. The lowest BCUT2D eigenvalue weighted by molar-refractivity contribution is -0.384. The number of amides is 7. The van der Waals surface area contributed by atoms with Crippen molar-refractivity contribution in [2.45, 2.75) is 88.5 Å². The molecule has 1 saturated carbocycles. The lowest BCUT2D eigenvalue weighted by atomic mass is 9.79. The van der Waals surface area contributed by atoms with Crippen molar-refractivity contribution in [3.05, 3.63) is 100 Å². The molecule has 3 aromatic rings. The van der Waals surface area contributed by atoms with Crippen molar-refractivity contribution in [3.8, 4) is 5.75 Å². The standard InChI is InChI=1S/C56H80N8O21/c1-38(66)60-50-47(35-41(36-65)51(69)52(50)70)83-33-32-79-23-20-58-48(67)17-21-77-24-26-80-28-30-82-31-29-81-27-25-78-22-18-49(68)62-46(34-39-6-3-2-4-7-39)54(72)63-45(8-5-19-59-55(57)73)53(71)61-42-11-9-40(10-12-42)37-84-56(74)85-44-15-13-43(14-16-44)64(75)76/h2-4,6-7,9-16,41,45-47,50-52,65,69-70H,5,8,17-37H2,1H3,(H,58,67)(H,60,66)(H,61,71)(H,62,68)(H,63,72)(H3,57,59,73). The molecule has 1 aliphatic carbocycles. The Labute approximate surface area is 491 Å². The molecule has 11 N–H and O–H groups in total. The zero-order valence-corrected chi connectivity index (χ0v) is 47.5. The highest BCUT2D eigenvalue weighted by atomic mass is 16.7. The van der Waals surface area contributed by atoms with Gasteiger partial charge in [-0.3, -0.25) is 34.1 Å². The highest BCUT2D eigenvalue weighted by Crippen LogP contribution is 2.28. The van der Waals surface area contributed by atoms with Crippen LogP contribution in [-0.4, -0.2) is 204 Å². The third kappa shape index (κ3) is 29.3. The first kappa shape index (κ1) is 70.0. The molecule has 7 unspecified atom stereocenters. The van der Waals surface area contributed by atoms with Gasteiger partial charge in [0.25, 0.3) is 5.69 Å². The van der Waals surface area contributed by atoms with Crippen LogP contribution in [0.1, 0.15) is 50.2 Å². The second kappa shape index (κ2) is 40.7. The molecule has 0 aromatic heterocycles. The van der Waals surface area contributed by atoms with Gasteiger partial charge in [-0.15, -0.1) is 0 Å². The van der Waals surface area contributed by atoms with Gasteiger partial charge >= 0.3 is 12.2 Å². The summed E-state index contributed by atoms with van der Waals surface area (Å²) in [7, 11) is 0. The molecule has 7 amide bonds. The maximum atomic E-state index is 13.9. The van der Waals surface area contributed by atoms with Crippen LogP contribution in [0, 0.1) is 16.0 Å². The summed E-state index contributed by atoms with van der Waals surface area (Å²) in [6.45, 7) is 4.16. The fourth-order valence-corrected chi connectivity index (χ4v) is 8.29. The monoisotopic (exact) mass is 1200 g/mol. The Morgan fingerprint density at radius 1 is 0.659 bits per heavy atom. The molecule has 0 radical (unpaired) electrons. The van der Waals surface area contributed by atoms with E-state index in [-0.39, 0.29) is 148 Å². The fourth-order valence-electron chi connectivity index (χ4n) is 8.29. The number of primary amides is 1. The van der Waals surface area contributed by atoms with E-state index < -0.39 is 77.2 Å². The van der Waals surface area contributed by atoms with E-state index >= 15 is 0 Å². The zero-order valence-electron chi connectivity index (χ0n) is 47.5. The van der Waals surface area contributed by atoms with E-state index in [1.54, 1.807) is 48.5 Å². The number of hydrogen-bond donors (Lipinski definition) is 10. The van der Waals surface area contributed by atoms with E-state index in [0.717, 1.165) is 5.56 Å². The van der Waals surface area contributed by atoms with Crippen molar-refractivity contribution in [2.75, 3.05) is 111 Å². The van der Waals surface area contributed by atoms with Gasteiger partial charge in [0.05, 0.1) is 109 Å². The third-order valence-electron chi connectivity index (χ3n) is 12.7. The molecule has 29 heteroatoms. The maximum Gasteiger partial charge on any atom is 0.514 e. The summed E-state index contributed by atoms with van der Waals surface area (Å²) < 4.78 is 49.1. The summed E-state index contributed by atoms with van der Waals surface area (Å²) in [6.07, 6.45) is -3.42. The van der Waals surface area contributed by atoms with Crippen molar-refractivity contribution < 1.29 is 96.4 Å². The number of nitrogens with two attached hydrogens (primary N) is 1. The average Bonchev–Trinajstić information content (AvgIpc) is 3.47. The number of urea groups is 1. The van der Waals surface area contributed by atoms with E-state index in [1.165, 1.54) is 31.2 Å². The van der Waals surface area contributed by atoms with E-state index in [4.69, 9.17) is 48.4 Å². The number of nitro benzene ring substituents is 1. The zero-order chi connectivity index (χ0) is 61.6. The van der Waals surface area contributed by atoms with Gasteiger partial charge in [-0.1, -0.05) is 42.5 Å². The number of hydrogen-bond acceptors (Lipinski definition) is 21. The Morgan fingerprint density at radius 2 is 1.25 bits per heavy atom. The Morgan fingerprint density at radius 3 is 1.84 bits per heavy atom. The van der Waals surface area contributed by atoms with Gasteiger partial charge in [0.2, 0.25) is 29.5 Å². The van der Waals surface area contributed by atoms with Crippen molar-refractivity contribution in [3.63, 3.8) is 0 Å². The molecule has 85 heavy (non-hydrogen) atoms. The van der Waals surface area contributed by atoms with E-state index in [2.05, 4.69) is 31.9 Å². The molecule has 0 saturated heterocycles. The minimum Gasteiger partial charge on any atom is -0.429 e. The lowest BCUT2D eigenvalue weighted by Gasteiger charge is -2.42. The smallest absolute Gasteiger partial charge is 0.429 e. The number of carbonyl (C=O) groups excluding carboxylic acids is 7. The number of anilines is 1. The number of ether oxygens (including phenoxy) is 9. The van der Waals surface area contributed by atoms with Gasteiger partial charge in [-0.25, -0.2) is 9.59 Å². The number of aliphatic hydroxyl groups excluding tert-OH is 3. The van der Waals surface area contributed by atoms with Crippen LogP contribution in [-0.2, 0) is 74.9 Å². The summed E-state index contributed by atoms with van der Waals surface area (Å²) >= 11 is 0. The van der Waals surface area contributed by atoms with Crippen molar-refractivity contribution in [1.82, 2.24) is 26.6 Å². The third-order valence-corrected chi connectivity index (χ3v) is 12.7. The first-order valence-electron chi connectivity index (χ1n) is 27.8. The summed E-state index contributed by atoms with van der Waals surface area (Å²) in [5.41, 5.74) is 6.66. The number of benzene rings is 3. The SMILES string of the molecule is CC(=O)NC1C(OCCOCCNC(=O)CCOCCOCCOCCOCCOCCC(=O)NC(Cc2ccccc2)C(=O)NC(CCCNC(N)=O)C(=O)Nc2ccc(COC(=O)Oc3ccc([N+](=O)[O-])cc3)cc2)CC(CO)C(O)C1O. The molecule has 7 atom stereocenters. The predicted octanol–water partition coefficient (Wildman–Crippen LogP) is 0.530. The molecule has 3 aromatic carbocycles. The average molecular weight is 1200 g/mol. The summed E-state index contributed by atoms with van der Waals surface area (Å²) in [6, 6.07) is 16.3. The van der Waals surface area contributed by atoms with Crippen LogP contribution in [0.3, 0.4) is 0 Å². The Bertz CT molecular complexity index is 2480. The topological polar surface area (TPSA) is 405 Å². The van der Waals surface area contributed by atoms with Gasteiger partial charge in [0.15, 0.2) is 0 Å². The van der Waals surface area contributed by atoms with Gasteiger partial charge < -0.3 is 95.6 Å². The van der Waals surface area contributed by atoms with Crippen LogP contribution in [0.5, 0.6) is 5.75 Å². The second-order valence-corrected chi connectivity index (χ2v) is 19.2. The highest BCUT2D eigenvalue weighted by molar-refractivity contribution is 5.98. The molecule has 29 nitrogen and oxygen atoms in total. The van der Waals surface area contributed by atoms with Gasteiger partial charge in [0.1, 0.15) is 30.5 Å². The largest absolute Gasteiger partial charge is 0.514 e. The van der Waals surface area contributed by atoms with Crippen LogP contribution in [0.4, 0.5) is 21.0 Å². The van der Waals surface area contributed by atoms with Crippen molar-refractivity contribution >= 4 is 53.1 Å². The lowest BCUT2D eigenvalue weighted by Crippen LogP contribution is -2.61. The van der Waals surface area contributed by atoms with Gasteiger partial charge in [0, 0.05) is 69.6 Å². The van der Waals surface area contributed by atoms with E-state index in [9.17, 15) is 59.0 Å². The molecule has 0 spiro atoms. The fraction of sp³-hybridized carbons (Fsp3) is 0.554. The van der Waals surface area contributed by atoms with Crippen LogP contribution >= 0.6 is 0 Å². The number of carbonyl (C=O) groups is 7. The van der Waals surface area contributed by atoms with Gasteiger partial charge in [-0.05, 0) is 54.7 Å². The number of aliphatic hydroxyl groups is 3. The number of rotatable bonds is 42. The molecule has 470 valence electrons. The molecular formula is C56H80N8O21. The van der Waals surface area contributed by atoms with Crippen LogP contribution in [0.15, 0.2) is 78.9 Å². The predicted molar refractivity (Wildman–Crippen MR) is 302 cm³/mol. The summed E-state index contributed by atoms with van der Waals surface area (Å²) in [4.78, 5) is 98.3. The normalized spacial score (nSPS) is 17.1. The van der Waals surface area contributed by atoms with Crippen LogP contribution in [0.25, 0.3) is 0 Å². The number of nitro groups is 1. The number of nitrogens with zero attached hydrogens (tertiary/aromatic N) is 1. The van der Waals surface area contributed by atoms with Gasteiger partial charge in [-0.2, -0.15) is 0 Å². The molecule has 1 fully saturated rings. The Kier molecular flexibility index (Phi) is 33.6. The first-order valence-corrected chi connectivity index (χ1v) is 27.8. The highest BCUT2D eigenvalue weighted by Gasteiger charge is 2.44. The first-order chi connectivity index (χ1) is 41.0. The molecule has 4 rings (SSSR count). The minimum absolute atomic E-state index is 0.0322. The minimum atomic E-state index is -1.29. The molecule has 0 heterocycles. The molecular weight excluding hydrogens is 1120 g/mol. The molecule has 0 bridgehead atoms. The quantitative estimate of drug-likeness (QED) is 0.0122. The molecule has 1 aliphatic rings. The van der Waals surface area contributed by atoms with E-state index in [1.807, 2.05) is 6.07 Å². The summed E-state index contributed by atoms with van der Waals surface area (Å²) in [5.74, 6) is -2.85. The number of nitrogens with one attached hydrogen (secondary N) is 6. The van der Waals surface area contributed by atoms with Crippen LogP contribution in [0.2, 0.25) is 0 Å². The summed E-state index contributed by atoms with van der Waals surface area (Å²) in [5, 5.41) is 57.1.